The first-order chi connectivity index (χ1) is 7.88. The molecule has 1 aromatic heterocycles. The molecule has 7 heteroatoms. The minimum absolute atomic E-state index is 0.120. The maximum absolute atomic E-state index is 12.9. The summed E-state index contributed by atoms with van der Waals surface area (Å²) in [4.78, 5) is 3.76. The predicted molar refractivity (Wildman–Crippen MR) is 56.9 cm³/mol. The number of halogens is 4. The number of hydrogen-bond donors (Lipinski definition) is 1. The lowest BCUT2D eigenvalue weighted by atomic mass is 10.1. The number of hydrogen-bond acceptors (Lipinski definition) is 3. The molecule has 2 N–H and O–H groups in total. The Labute approximate surface area is 97.7 Å². The Balaban J connectivity index is 2.61. The Kier molecular flexibility index (Phi) is 2.78. The fraction of sp³-hybridized carbons (Fsp3) is 0.100. The Morgan fingerprint density at radius 1 is 1.24 bits per heavy atom. The second kappa shape index (κ2) is 3.99. The first kappa shape index (κ1) is 11.8. The third kappa shape index (κ3) is 2.38. The summed E-state index contributed by atoms with van der Waals surface area (Å²) in [6.45, 7) is 0. The first-order valence-electron chi connectivity index (χ1n) is 4.46. The van der Waals surface area contributed by atoms with Crippen molar-refractivity contribution in [2.75, 3.05) is 5.73 Å². The fourth-order valence-electron chi connectivity index (χ4n) is 1.35. The van der Waals surface area contributed by atoms with E-state index in [9.17, 15) is 17.6 Å². The van der Waals surface area contributed by atoms with Crippen LogP contribution in [0.4, 0.5) is 23.4 Å². The largest absolute Gasteiger partial charge is 0.417 e. The van der Waals surface area contributed by atoms with Crippen molar-refractivity contribution < 1.29 is 17.6 Å². The fourth-order valence-corrected chi connectivity index (χ4v) is 2.10. The molecule has 0 aliphatic rings. The second-order valence-corrected chi connectivity index (χ2v) is 4.12. The van der Waals surface area contributed by atoms with Gasteiger partial charge in [0.15, 0.2) is 0 Å². The molecule has 0 atom stereocenters. The summed E-state index contributed by atoms with van der Waals surface area (Å²) in [5.74, 6) is -0.798. The average Bonchev–Trinajstić information content (AvgIpc) is 2.63. The van der Waals surface area contributed by atoms with Crippen LogP contribution in [0.2, 0.25) is 0 Å². The van der Waals surface area contributed by atoms with Crippen LogP contribution in [0.15, 0.2) is 23.6 Å². The highest BCUT2D eigenvalue weighted by atomic mass is 32.1. The number of thiazole rings is 1. The molecule has 17 heavy (non-hydrogen) atoms. The quantitative estimate of drug-likeness (QED) is 0.798. The van der Waals surface area contributed by atoms with E-state index >= 15 is 0 Å². The van der Waals surface area contributed by atoms with Crippen molar-refractivity contribution in [1.29, 1.82) is 0 Å². The van der Waals surface area contributed by atoms with Gasteiger partial charge >= 0.3 is 6.18 Å². The van der Waals surface area contributed by atoms with E-state index in [1.165, 1.54) is 5.38 Å². The Morgan fingerprint density at radius 2 is 1.94 bits per heavy atom. The average molecular weight is 262 g/mol. The maximum Gasteiger partial charge on any atom is 0.417 e. The van der Waals surface area contributed by atoms with Crippen LogP contribution in [-0.2, 0) is 6.18 Å². The van der Waals surface area contributed by atoms with Crippen molar-refractivity contribution >= 4 is 17.2 Å². The standard InChI is InChI=1S/C10H6F4N2S/c11-5-1-2-6(7(3-5)10(12,13)14)9-16-8(15)4-17-9/h1-4H,15H2. The number of nitrogens with zero attached hydrogens (tertiary/aromatic N) is 1. The molecule has 2 nitrogen and oxygen atoms in total. The number of nitrogen functional groups attached to an aromatic ring is 1. The van der Waals surface area contributed by atoms with E-state index in [4.69, 9.17) is 5.73 Å². The molecule has 0 aliphatic carbocycles. The van der Waals surface area contributed by atoms with Gasteiger partial charge in [0.05, 0.1) is 5.56 Å². The van der Waals surface area contributed by atoms with Crippen molar-refractivity contribution in [2.45, 2.75) is 6.18 Å². The summed E-state index contributed by atoms with van der Waals surface area (Å²) in [7, 11) is 0. The summed E-state index contributed by atoms with van der Waals surface area (Å²) in [6.07, 6.45) is -4.63. The summed E-state index contributed by atoms with van der Waals surface area (Å²) in [5, 5.41) is 1.55. The lowest BCUT2D eigenvalue weighted by Crippen LogP contribution is -2.07. The second-order valence-electron chi connectivity index (χ2n) is 3.27. The van der Waals surface area contributed by atoms with Gasteiger partial charge in [-0.3, -0.25) is 0 Å². The van der Waals surface area contributed by atoms with Gasteiger partial charge in [-0.25, -0.2) is 9.37 Å². The number of rotatable bonds is 1. The molecule has 0 unspecified atom stereocenters. The summed E-state index contributed by atoms with van der Waals surface area (Å²) >= 11 is 0.980. The molecule has 1 heterocycles. The lowest BCUT2D eigenvalue weighted by molar-refractivity contribution is -0.137. The van der Waals surface area contributed by atoms with Gasteiger partial charge < -0.3 is 5.73 Å². The zero-order chi connectivity index (χ0) is 12.6. The smallest absolute Gasteiger partial charge is 0.383 e. The number of nitrogens with two attached hydrogens (primary N) is 1. The van der Waals surface area contributed by atoms with Crippen LogP contribution < -0.4 is 5.73 Å². The molecule has 0 saturated carbocycles. The van der Waals surface area contributed by atoms with Crippen molar-refractivity contribution in [2.24, 2.45) is 0 Å². The minimum atomic E-state index is -4.63. The van der Waals surface area contributed by atoms with Crippen molar-refractivity contribution in [3.05, 3.63) is 35.0 Å². The van der Waals surface area contributed by atoms with E-state index in [1.807, 2.05) is 0 Å². The molecule has 90 valence electrons. The van der Waals surface area contributed by atoms with Gasteiger partial charge in [-0.15, -0.1) is 11.3 Å². The van der Waals surface area contributed by atoms with E-state index in [0.29, 0.717) is 6.07 Å². The van der Waals surface area contributed by atoms with Crippen LogP contribution in [0.25, 0.3) is 10.6 Å². The molecule has 2 aromatic rings. The predicted octanol–water partition coefficient (Wildman–Crippen LogP) is 3.55. The zero-order valence-corrected chi connectivity index (χ0v) is 9.07. The zero-order valence-electron chi connectivity index (χ0n) is 8.25. The maximum atomic E-state index is 12.9. The van der Waals surface area contributed by atoms with E-state index in [2.05, 4.69) is 4.98 Å². The monoisotopic (exact) mass is 262 g/mol. The normalized spacial score (nSPS) is 11.8. The highest BCUT2D eigenvalue weighted by molar-refractivity contribution is 7.13. The molecule has 0 fully saturated rings. The molecule has 0 radical (unpaired) electrons. The third-order valence-electron chi connectivity index (χ3n) is 2.04. The van der Waals surface area contributed by atoms with Gasteiger partial charge in [0.2, 0.25) is 0 Å². The van der Waals surface area contributed by atoms with E-state index in [-0.39, 0.29) is 16.4 Å². The Morgan fingerprint density at radius 3 is 2.47 bits per heavy atom. The first-order valence-corrected chi connectivity index (χ1v) is 5.34. The molecule has 0 amide bonds. The summed E-state index contributed by atoms with van der Waals surface area (Å²) < 4.78 is 51.0. The van der Waals surface area contributed by atoms with Gasteiger partial charge in [-0.05, 0) is 18.2 Å². The molecular formula is C10H6F4N2S. The molecule has 0 bridgehead atoms. The highest BCUT2D eigenvalue weighted by Crippen LogP contribution is 2.38. The van der Waals surface area contributed by atoms with Crippen LogP contribution in [0, 0.1) is 5.82 Å². The van der Waals surface area contributed by atoms with Crippen molar-refractivity contribution in [1.82, 2.24) is 4.98 Å². The van der Waals surface area contributed by atoms with Gasteiger partial charge in [0.25, 0.3) is 0 Å². The SMILES string of the molecule is Nc1csc(-c2ccc(F)cc2C(F)(F)F)n1. The number of benzene rings is 1. The number of aromatic nitrogens is 1. The van der Waals surface area contributed by atoms with Crippen molar-refractivity contribution in [3.8, 4) is 10.6 Å². The minimum Gasteiger partial charge on any atom is -0.383 e. The van der Waals surface area contributed by atoms with Gasteiger partial charge in [-0.1, -0.05) is 0 Å². The van der Waals surface area contributed by atoms with Crippen LogP contribution in [0.3, 0.4) is 0 Å². The summed E-state index contributed by atoms with van der Waals surface area (Å²) in [5.41, 5.74) is 4.13. The lowest BCUT2D eigenvalue weighted by Gasteiger charge is -2.10. The van der Waals surface area contributed by atoms with Gasteiger partial charge in [0, 0.05) is 10.9 Å². The van der Waals surface area contributed by atoms with Crippen LogP contribution in [0.5, 0.6) is 0 Å². The molecular weight excluding hydrogens is 256 g/mol. The third-order valence-corrected chi connectivity index (χ3v) is 2.93. The van der Waals surface area contributed by atoms with Crippen LogP contribution in [-0.4, -0.2) is 4.98 Å². The van der Waals surface area contributed by atoms with Crippen LogP contribution in [0.1, 0.15) is 5.56 Å². The molecule has 0 spiro atoms. The molecule has 0 saturated heterocycles. The topological polar surface area (TPSA) is 38.9 Å². The van der Waals surface area contributed by atoms with Crippen LogP contribution >= 0.6 is 11.3 Å². The Bertz CT molecular complexity index is 547. The van der Waals surface area contributed by atoms with E-state index in [0.717, 1.165) is 23.5 Å². The van der Waals surface area contributed by atoms with Crippen molar-refractivity contribution in [3.63, 3.8) is 0 Å². The summed E-state index contributed by atoms with van der Waals surface area (Å²) in [6, 6.07) is 2.46. The van der Waals surface area contributed by atoms with Gasteiger partial charge in [0.1, 0.15) is 16.6 Å². The molecule has 0 aliphatic heterocycles. The molecule has 1 aromatic carbocycles. The molecule has 2 rings (SSSR count). The Hall–Kier alpha value is -1.63. The van der Waals surface area contributed by atoms with Gasteiger partial charge in [-0.2, -0.15) is 13.2 Å². The van der Waals surface area contributed by atoms with E-state index < -0.39 is 17.6 Å². The number of anilines is 1. The van der Waals surface area contributed by atoms with E-state index in [1.54, 1.807) is 0 Å². The number of alkyl halides is 3. The highest BCUT2D eigenvalue weighted by Gasteiger charge is 2.34.